The molecule has 0 aromatic heterocycles. The van der Waals surface area contributed by atoms with Crippen molar-refractivity contribution in [2.75, 3.05) is 39.5 Å². The van der Waals surface area contributed by atoms with Crippen molar-refractivity contribution in [2.45, 2.75) is 31.6 Å². The Hall–Kier alpha value is -1.20. The van der Waals surface area contributed by atoms with Gasteiger partial charge in [-0.1, -0.05) is 31.5 Å². The molecular weight excluding hydrogens is 308 g/mol. The molecule has 1 fully saturated rings. The zero-order chi connectivity index (χ0) is 16.7. The Kier molecular flexibility index (Phi) is 7.24. The van der Waals surface area contributed by atoms with Crippen molar-refractivity contribution in [1.82, 2.24) is 9.80 Å². The summed E-state index contributed by atoms with van der Waals surface area (Å²) in [4.78, 5) is 16.3. The van der Waals surface area contributed by atoms with Crippen LogP contribution in [0.4, 0.5) is 0 Å². The molecule has 0 N–H and O–H groups in total. The van der Waals surface area contributed by atoms with Crippen molar-refractivity contribution in [2.24, 2.45) is 0 Å². The van der Waals surface area contributed by atoms with Crippen LogP contribution < -0.4 is 4.74 Å². The maximum Gasteiger partial charge on any atom is 0.233 e. The molecule has 5 heteroatoms. The number of hydrogen-bond acceptors (Lipinski definition) is 4. The second kappa shape index (κ2) is 9.18. The molecule has 1 unspecified atom stereocenters. The van der Waals surface area contributed by atoms with E-state index < -0.39 is 0 Å². The molecule has 23 heavy (non-hydrogen) atoms. The monoisotopic (exact) mass is 336 g/mol. The van der Waals surface area contributed by atoms with Gasteiger partial charge in [-0.15, -0.1) is 11.8 Å². The molecule has 0 aliphatic carbocycles. The molecule has 0 radical (unpaired) electrons. The summed E-state index contributed by atoms with van der Waals surface area (Å²) in [7, 11) is 4.14. The third-order valence-electron chi connectivity index (χ3n) is 3.91. The summed E-state index contributed by atoms with van der Waals surface area (Å²) >= 11 is 1.71. The van der Waals surface area contributed by atoms with Crippen LogP contribution in [0.25, 0.3) is 0 Å². The zero-order valence-corrected chi connectivity index (χ0v) is 15.3. The highest BCUT2D eigenvalue weighted by molar-refractivity contribution is 8.00. The molecule has 4 nitrogen and oxygen atoms in total. The van der Waals surface area contributed by atoms with E-state index in [1.54, 1.807) is 11.8 Å². The number of nitrogens with zero attached hydrogens (tertiary/aromatic N) is 2. The minimum absolute atomic E-state index is 0.0964. The molecule has 0 bridgehead atoms. The van der Waals surface area contributed by atoms with Crippen molar-refractivity contribution in [3.63, 3.8) is 0 Å². The van der Waals surface area contributed by atoms with Gasteiger partial charge in [-0.05, 0) is 33.0 Å². The minimum Gasteiger partial charge on any atom is -0.493 e. The van der Waals surface area contributed by atoms with Gasteiger partial charge in [0.1, 0.15) is 11.1 Å². The number of ether oxygens (including phenoxy) is 1. The Morgan fingerprint density at radius 2 is 2.09 bits per heavy atom. The van der Waals surface area contributed by atoms with Crippen molar-refractivity contribution in [3.8, 4) is 5.75 Å². The topological polar surface area (TPSA) is 32.8 Å². The van der Waals surface area contributed by atoms with Gasteiger partial charge in [0.25, 0.3) is 0 Å². The van der Waals surface area contributed by atoms with E-state index in [-0.39, 0.29) is 11.3 Å². The molecular formula is C18H28N2O2S. The van der Waals surface area contributed by atoms with Crippen LogP contribution in [0.5, 0.6) is 5.75 Å². The summed E-state index contributed by atoms with van der Waals surface area (Å²) in [5.41, 5.74) is 1.13. The van der Waals surface area contributed by atoms with Crippen molar-refractivity contribution in [3.05, 3.63) is 29.8 Å². The number of carbonyl (C=O) groups excluding carboxylic acids is 1. The van der Waals surface area contributed by atoms with E-state index in [0.717, 1.165) is 43.7 Å². The Morgan fingerprint density at radius 3 is 2.83 bits per heavy atom. The Morgan fingerprint density at radius 1 is 1.30 bits per heavy atom. The number of carbonyl (C=O) groups is 1. The van der Waals surface area contributed by atoms with Crippen LogP contribution in [0.15, 0.2) is 24.3 Å². The molecule has 1 aliphatic rings. The molecule has 2 rings (SSSR count). The number of unbranched alkanes of at least 4 members (excludes halogenated alkanes) is 1. The average molecular weight is 337 g/mol. The van der Waals surface area contributed by atoms with E-state index >= 15 is 0 Å². The van der Waals surface area contributed by atoms with Crippen molar-refractivity contribution < 1.29 is 9.53 Å². The fourth-order valence-electron chi connectivity index (χ4n) is 2.66. The lowest BCUT2D eigenvalue weighted by molar-refractivity contribution is -0.128. The van der Waals surface area contributed by atoms with Gasteiger partial charge in [0.15, 0.2) is 0 Å². The highest BCUT2D eigenvalue weighted by Crippen LogP contribution is 2.42. The summed E-state index contributed by atoms with van der Waals surface area (Å²) in [5.74, 6) is 1.74. The summed E-state index contributed by atoms with van der Waals surface area (Å²) in [6.45, 7) is 4.71. The maximum atomic E-state index is 12.2. The van der Waals surface area contributed by atoms with Gasteiger partial charge < -0.3 is 14.5 Å². The van der Waals surface area contributed by atoms with Gasteiger partial charge in [-0.2, -0.15) is 0 Å². The second-order valence-corrected chi connectivity index (χ2v) is 7.22. The molecule has 0 saturated carbocycles. The minimum atomic E-state index is 0.0964. The molecule has 128 valence electrons. The predicted octanol–water partition coefficient (Wildman–Crippen LogP) is 3.39. The van der Waals surface area contributed by atoms with E-state index in [9.17, 15) is 4.79 Å². The lowest BCUT2D eigenvalue weighted by atomic mass is 10.1. The van der Waals surface area contributed by atoms with E-state index in [1.807, 2.05) is 23.1 Å². The number of thioether (sulfide) groups is 1. The predicted molar refractivity (Wildman–Crippen MR) is 96.9 cm³/mol. The summed E-state index contributed by atoms with van der Waals surface area (Å²) in [6, 6.07) is 8.15. The highest BCUT2D eigenvalue weighted by Gasteiger charge is 2.33. The first-order chi connectivity index (χ1) is 11.1. The quantitative estimate of drug-likeness (QED) is 0.647. The first-order valence-electron chi connectivity index (χ1n) is 8.41. The first kappa shape index (κ1) is 18.1. The number of benzene rings is 1. The average Bonchev–Trinajstić information content (AvgIpc) is 2.90. The van der Waals surface area contributed by atoms with E-state index in [4.69, 9.17) is 4.74 Å². The van der Waals surface area contributed by atoms with E-state index in [1.165, 1.54) is 0 Å². The van der Waals surface area contributed by atoms with Gasteiger partial charge in [0.2, 0.25) is 5.91 Å². The summed E-state index contributed by atoms with van der Waals surface area (Å²) < 4.78 is 6.01. The Balaban J connectivity index is 2.04. The maximum absolute atomic E-state index is 12.2. The fraction of sp³-hybridized carbons (Fsp3) is 0.611. The van der Waals surface area contributed by atoms with Crippen LogP contribution in [0, 0.1) is 0 Å². The molecule has 1 saturated heterocycles. The Labute approximate surface area is 144 Å². The van der Waals surface area contributed by atoms with E-state index in [2.05, 4.69) is 32.0 Å². The Bertz CT molecular complexity index is 508. The third kappa shape index (κ3) is 5.15. The van der Waals surface area contributed by atoms with Gasteiger partial charge in [-0.25, -0.2) is 0 Å². The summed E-state index contributed by atoms with van der Waals surface area (Å²) in [6.07, 6.45) is 3.15. The molecule has 1 heterocycles. The van der Waals surface area contributed by atoms with Gasteiger partial charge in [0, 0.05) is 18.7 Å². The number of para-hydroxylation sites is 1. The van der Waals surface area contributed by atoms with Crippen molar-refractivity contribution in [1.29, 1.82) is 0 Å². The highest BCUT2D eigenvalue weighted by atomic mass is 32.2. The van der Waals surface area contributed by atoms with Crippen LogP contribution in [0.2, 0.25) is 0 Å². The summed E-state index contributed by atoms with van der Waals surface area (Å²) in [5, 5.41) is 0.0964. The van der Waals surface area contributed by atoms with Gasteiger partial charge in [0.05, 0.1) is 12.4 Å². The molecule has 1 aliphatic heterocycles. The van der Waals surface area contributed by atoms with Crippen LogP contribution in [-0.4, -0.2) is 55.3 Å². The number of hydrogen-bond donors (Lipinski definition) is 0. The lowest BCUT2D eigenvalue weighted by Gasteiger charge is -2.25. The van der Waals surface area contributed by atoms with Crippen molar-refractivity contribution >= 4 is 17.7 Å². The number of amides is 1. The third-order valence-corrected chi connectivity index (χ3v) is 5.15. The molecule has 1 amide bonds. The smallest absolute Gasteiger partial charge is 0.233 e. The zero-order valence-electron chi connectivity index (χ0n) is 14.5. The SMILES string of the molecule is CCCCN1C(=O)CSC1c1ccccc1OCCCN(C)C. The second-order valence-electron chi connectivity index (χ2n) is 6.15. The molecule has 1 atom stereocenters. The molecule has 1 aromatic rings. The lowest BCUT2D eigenvalue weighted by Crippen LogP contribution is -2.29. The van der Waals surface area contributed by atoms with Crippen LogP contribution in [-0.2, 0) is 4.79 Å². The largest absolute Gasteiger partial charge is 0.493 e. The fourth-order valence-corrected chi connectivity index (χ4v) is 3.90. The standard InChI is InChI=1S/C18H28N2O2S/c1-4-5-12-20-17(21)14-23-18(20)15-9-6-7-10-16(15)22-13-8-11-19(2)3/h6-7,9-10,18H,4-5,8,11-14H2,1-3H3. The van der Waals surface area contributed by atoms with Crippen LogP contribution >= 0.6 is 11.8 Å². The van der Waals surface area contributed by atoms with Crippen LogP contribution in [0.1, 0.15) is 37.1 Å². The first-order valence-corrected chi connectivity index (χ1v) is 9.46. The molecule has 0 spiro atoms. The van der Waals surface area contributed by atoms with E-state index in [0.29, 0.717) is 12.4 Å². The number of rotatable bonds is 9. The van der Waals surface area contributed by atoms with Crippen LogP contribution in [0.3, 0.4) is 0 Å². The normalized spacial score (nSPS) is 18.0. The van der Waals surface area contributed by atoms with Gasteiger partial charge in [-0.3, -0.25) is 4.79 Å². The molecule has 1 aromatic carbocycles. The van der Waals surface area contributed by atoms with Gasteiger partial charge >= 0.3 is 0 Å².